The molecule has 76 valence electrons. The molecule has 0 fully saturated rings. The highest BCUT2D eigenvalue weighted by molar-refractivity contribution is 9.10. The largest absolute Gasteiger partial charge is 0.475 e. The van der Waals surface area contributed by atoms with Gasteiger partial charge < -0.3 is 4.74 Å². The van der Waals surface area contributed by atoms with Crippen LogP contribution in [-0.4, -0.2) is 21.4 Å². The Morgan fingerprint density at radius 1 is 1.47 bits per heavy atom. The summed E-state index contributed by atoms with van der Waals surface area (Å²) < 4.78 is 8.43. The lowest BCUT2D eigenvalue weighted by atomic mass is 10.2. The third-order valence-electron chi connectivity index (χ3n) is 2.35. The number of hydrogen-bond acceptors (Lipinski definition) is 3. The SMILES string of the molecule is Brc1cnc2c(c1)-c1ccnn1CCO2. The normalized spacial score (nSPS) is 13.7. The molecular formula is C10H8BrN3O. The number of rotatable bonds is 0. The molecule has 0 spiro atoms. The van der Waals surface area contributed by atoms with Crippen molar-refractivity contribution in [3.05, 3.63) is 29.0 Å². The number of nitrogens with zero attached hydrogens (tertiary/aromatic N) is 3. The fraction of sp³-hybridized carbons (Fsp3) is 0.200. The van der Waals surface area contributed by atoms with Crippen molar-refractivity contribution in [2.24, 2.45) is 0 Å². The molecule has 0 N–H and O–H groups in total. The van der Waals surface area contributed by atoms with Crippen molar-refractivity contribution in [1.82, 2.24) is 14.8 Å². The highest BCUT2D eigenvalue weighted by atomic mass is 79.9. The summed E-state index contributed by atoms with van der Waals surface area (Å²) in [6, 6.07) is 3.98. The first-order valence-electron chi connectivity index (χ1n) is 4.65. The highest BCUT2D eigenvalue weighted by Gasteiger charge is 2.16. The molecule has 4 nitrogen and oxygen atoms in total. The van der Waals surface area contributed by atoms with Gasteiger partial charge in [0.25, 0.3) is 0 Å². The van der Waals surface area contributed by atoms with Gasteiger partial charge in [0.15, 0.2) is 0 Å². The van der Waals surface area contributed by atoms with E-state index in [-0.39, 0.29) is 0 Å². The molecule has 3 rings (SSSR count). The van der Waals surface area contributed by atoms with E-state index in [1.165, 1.54) is 0 Å². The van der Waals surface area contributed by atoms with Crippen molar-refractivity contribution < 1.29 is 4.74 Å². The van der Waals surface area contributed by atoms with Gasteiger partial charge in [0, 0.05) is 16.9 Å². The highest BCUT2D eigenvalue weighted by Crippen LogP contribution is 2.31. The summed E-state index contributed by atoms with van der Waals surface area (Å²) in [6.07, 6.45) is 3.54. The first-order chi connectivity index (χ1) is 7.34. The van der Waals surface area contributed by atoms with Gasteiger partial charge in [0.1, 0.15) is 6.61 Å². The van der Waals surface area contributed by atoms with Crippen LogP contribution in [0.25, 0.3) is 11.3 Å². The standard InChI is InChI=1S/C10H8BrN3O/c11-7-5-8-9-1-2-13-14(9)3-4-15-10(8)12-6-7/h1-2,5-6H,3-4H2. The van der Waals surface area contributed by atoms with Crippen LogP contribution in [-0.2, 0) is 6.54 Å². The Morgan fingerprint density at radius 3 is 3.33 bits per heavy atom. The summed E-state index contributed by atoms with van der Waals surface area (Å²) in [4.78, 5) is 4.25. The van der Waals surface area contributed by atoms with Crippen molar-refractivity contribution in [1.29, 1.82) is 0 Å². The van der Waals surface area contributed by atoms with Gasteiger partial charge in [-0.1, -0.05) is 0 Å². The molecule has 2 aromatic rings. The first kappa shape index (κ1) is 8.91. The molecule has 1 aliphatic heterocycles. The van der Waals surface area contributed by atoms with Crippen LogP contribution in [0.4, 0.5) is 0 Å². The maximum absolute atomic E-state index is 5.55. The Hall–Kier alpha value is -1.36. The smallest absolute Gasteiger partial charge is 0.223 e. The van der Waals surface area contributed by atoms with Gasteiger partial charge in [-0.05, 0) is 28.1 Å². The number of ether oxygens (including phenoxy) is 1. The molecule has 0 unspecified atom stereocenters. The summed E-state index contributed by atoms with van der Waals surface area (Å²) in [5.41, 5.74) is 2.04. The molecule has 15 heavy (non-hydrogen) atoms. The molecule has 1 aliphatic rings. The Balaban J connectivity index is 2.27. The van der Waals surface area contributed by atoms with Crippen molar-refractivity contribution in [3.8, 4) is 17.1 Å². The fourth-order valence-electron chi connectivity index (χ4n) is 1.69. The first-order valence-corrected chi connectivity index (χ1v) is 5.44. The molecule has 0 radical (unpaired) electrons. The van der Waals surface area contributed by atoms with Crippen LogP contribution in [0.2, 0.25) is 0 Å². The van der Waals surface area contributed by atoms with Crippen molar-refractivity contribution >= 4 is 15.9 Å². The van der Waals surface area contributed by atoms with Gasteiger partial charge >= 0.3 is 0 Å². The monoisotopic (exact) mass is 265 g/mol. The van der Waals surface area contributed by atoms with Crippen LogP contribution in [0.15, 0.2) is 29.0 Å². The van der Waals surface area contributed by atoms with Gasteiger partial charge in [0.2, 0.25) is 5.88 Å². The van der Waals surface area contributed by atoms with Crippen LogP contribution >= 0.6 is 15.9 Å². The van der Waals surface area contributed by atoms with Crippen LogP contribution in [0.3, 0.4) is 0 Å². The van der Waals surface area contributed by atoms with E-state index in [0.717, 1.165) is 22.3 Å². The number of hydrogen-bond donors (Lipinski definition) is 0. The summed E-state index contributed by atoms with van der Waals surface area (Å²) in [6.45, 7) is 1.37. The second-order valence-corrected chi connectivity index (χ2v) is 4.21. The van der Waals surface area contributed by atoms with Gasteiger partial charge in [-0.3, -0.25) is 4.68 Å². The van der Waals surface area contributed by atoms with E-state index in [1.54, 1.807) is 12.4 Å². The zero-order valence-electron chi connectivity index (χ0n) is 7.85. The minimum atomic E-state index is 0.607. The molecule has 2 aromatic heterocycles. The topological polar surface area (TPSA) is 39.9 Å². The quantitative estimate of drug-likeness (QED) is 0.733. The Labute approximate surface area is 95.0 Å². The minimum Gasteiger partial charge on any atom is -0.475 e. The van der Waals surface area contributed by atoms with Gasteiger partial charge in [-0.15, -0.1) is 0 Å². The van der Waals surface area contributed by atoms with E-state index < -0.39 is 0 Å². The predicted octanol–water partition coefficient (Wildman–Crippen LogP) is 2.10. The van der Waals surface area contributed by atoms with Crippen LogP contribution in [0.1, 0.15) is 0 Å². The second-order valence-electron chi connectivity index (χ2n) is 3.29. The third-order valence-corrected chi connectivity index (χ3v) is 2.79. The second kappa shape index (κ2) is 3.34. The van der Waals surface area contributed by atoms with Crippen molar-refractivity contribution in [2.75, 3.05) is 6.61 Å². The van der Waals surface area contributed by atoms with E-state index in [0.29, 0.717) is 12.5 Å². The third kappa shape index (κ3) is 1.43. The molecule has 5 heteroatoms. The zero-order chi connectivity index (χ0) is 10.3. The molecule has 0 atom stereocenters. The maximum atomic E-state index is 5.55. The maximum Gasteiger partial charge on any atom is 0.223 e. The molecule has 0 saturated carbocycles. The summed E-state index contributed by atoms with van der Waals surface area (Å²) in [5, 5.41) is 4.24. The summed E-state index contributed by atoms with van der Waals surface area (Å²) in [7, 11) is 0. The summed E-state index contributed by atoms with van der Waals surface area (Å²) >= 11 is 3.41. The van der Waals surface area contributed by atoms with E-state index in [4.69, 9.17) is 4.74 Å². The van der Waals surface area contributed by atoms with Crippen LogP contribution in [0.5, 0.6) is 5.88 Å². The molecule has 0 aromatic carbocycles. The number of fused-ring (bicyclic) bond motifs is 3. The molecule has 0 amide bonds. The number of aromatic nitrogens is 3. The van der Waals surface area contributed by atoms with E-state index in [1.807, 2.05) is 16.8 Å². The zero-order valence-corrected chi connectivity index (χ0v) is 9.44. The van der Waals surface area contributed by atoms with E-state index in [2.05, 4.69) is 26.0 Å². The number of halogens is 1. The summed E-state index contributed by atoms with van der Waals surface area (Å²) in [5.74, 6) is 0.678. The Morgan fingerprint density at radius 2 is 2.40 bits per heavy atom. The lowest BCUT2D eigenvalue weighted by molar-refractivity contribution is 0.290. The lowest BCUT2D eigenvalue weighted by Gasteiger charge is -2.04. The van der Waals surface area contributed by atoms with E-state index >= 15 is 0 Å². The molecule has 0 bridgehead atoms. The predicted molar refractivity (Wildman–Crippen MR) is 58.7 cm³/mol. The Kier molecular flexibility index (Phi) is 1.98. The van der Waals surface area contributed by atoms with Gasteiger partial charge in [-0.25, -0.2) is 4.98 Å². The Bertz CT molecular complexity index is 509. The lowest BCUT2D eigenvalue weighted by Crippen LogP contribution is -2.06. The molecular weight excluding hydrogens is 258 g/mol. The van der Waals surface area contributed by atoms with E-state index in [9.17, 15) is 0 Å². The van der Waals surface area contributed by atoms with Crippen molar-refractivity contribution in [3.63, 3.8) is 0 Å². The van der Waals surface area contributed by atoms with Gasteiger partial charge in [-0.2, -0.15) is 5.10 Å². The van der Waals surface area contributed by atoms with Crippen LogP contribution in [0, 0.1) is 0 Å². The van der Waals surface area contributed by atoms with Crippen molar-refractivity contribution in [2.45, 2.75) is 6.54 Å². The number of pyridine rings is 1. The minimum absolute atomic E-state index is 0.607. The van der Waals surface area contributed by atoms with Gasteiger partial charge in [0.05, 0.1) is 17.8 Å². The molecule has 3 heterocycles. The average Bonchev–Trinajstić information content (AvgIpc) is 2.62. The van der Waals surface area contributed by atoms with Crippen LogP contribution < -0.4 is 4.74 Å². The molecule has 0 saturated heterocycles. The fourth-order valence-corrected chi connectivity index (χ4v) is 2.02. The molecule has 0 aliphatic carbocycles. The average molecular weight is 266 g/mol.